The molecule has 0 saturated carbocycles. The molecule has 0 aliphatic carbocycles. The zero-order valence-electron chi connectivity index (χ0n) is 11.1. The number of hydrogen-bond acceptors (Lipinski definition) is 4. The Morgan fingerprint density at radius 2 is 2.05 bits per heavy atom. The highest BCUT2D eigenvalue weighted by molar-refractivity contribution is 6.32. The lowest BCUT2D eigenvalue weighted by molar-refractivity contribution is 0.629. The van der Waals surface area contributed by atoms with Crippen LogP contribution >= 0.6 is 11.6 Å². The average molecular weight is 304 g/mol. The highest BCUT2D eigenvalue weighted by atomic mass is 35.5. The van der Waals surface area contributed by atoms with E-state index in [0.29, 0.717) is 16.4 Å². The van der Waals surface area contributed by atoms with Crippen LogP contribution in [0.25, 0.3) is 17.1 Å². The van der Waals surface area contributed by atoms with Crippen LogP contribution in [-0.2, 0) is 0 Å². The van der Waals surface area contributed by atoms with Gasteiger partial charge in [0.1, 0.15) is 5.82 Å². The van der Waals surface area contributed by atoms with Crippen LogP contribution in [-0.4, -0.2) is 20.2 Å². The average Bonchev–Trinajstić information content (AvgIpc) is 2.87. The third kappa shape index (κ3) is 2.34. The van der Waals surface area contributed by atoms with Crippen LogP contribution in [0.1, 0.15) is 5.56 Å². The van der Waals surface area contributed by atoms with Crippen LogP contribution in [0.5, 0.6) is 0 Å². The minimum Gasteiger partial charge on any atom is -0.399 e. The number of halogens is 2. The van der Waals surface area contributed by atoms with Crippen molar-refractivity contribution in [3.8, 4) is 17.1 Å². The maximum absolute atomic E-state index is 14.1. The summed E-state index contributed by atoms with van der Waals surface area (Å²) in [5, 5.41) is 11.9. The fraction of sp³-hybridized carbons (Fsp3) is 0.0714. The van der Waals surface area contributed by atoms with Crippen molar-refractivity contribution in [2.45, 2.75) is 6.92 Å². The molecule has 1 aromatic heterocycles. The Morgan fingerprint density at radius 1 is 1.24 bits per heavy atom. The highest BCUT2D eigenvalue weighted by Crippen LogP contribution is 2.29. The summed E-state index contributed by atoms with van der Waals surface area (Å²) >= 11 is 6.22. The van der Waals surface area contributed by atoms with Gasteiger partial charge in [-0.1, -0.05) is 23.7 Å². The molecule has 3 rings (SSSR count). The summed E-state index contributed by atoms with van der Waals surface area (Å²) in [5.41, 5.74) is 7.66. The van der Waals surface area contributed by atoms with Gasteiger partial charge in [0.25, 0.3) is 0 Å². The number of para-hydroxylation sites is 1. The van der Waals surface area contributed by atoms with Crippen molar-refractivity contribution in [2.24, 2.45) is 0 Å². The van der Waals surface area contributed by atoms with Crippen molar-refractivity contribution < 1.29 is 4.39 Å². The van der Waals surface area contributed by atoms with Crippen LogP contribution in [0.15, 0.2) is 36.4 Å². The van der Waals surface area contributed by atoms with Gasteiger partial charge in [0.05, 0.1) is 16.3 Å². The Bertz CT molecular complexity index is 795. The molecule has 7 heteroatoms. The lowest BCUT2D eigenvalue weighted by atomic mass is 10.1. The van der Waals surface area contributed by atoms with Crippen molar-refractivity contribution in [1.82, 2.24) is 20.2 Å². The molecule has 0 spiro atoms. The van der Waals surface area contributed by atoms with Gasteiger partial charge in [-0.2, -0.15) is 4.68 Å². The van der Waals surface area contributed by atoms with Crippen molar-refractivity contribution >= 4 is 17.3 Å². The summed E-state index contributed by atoms with van der Waals surface area (Å²) in [7, 11) is 0. The van der Waals surface area contributed by atoms with Gasteiger partial charge in [-0.15, -0.1) is 5.10 Å². The minimum absolute atomic E-state index is 0.258. The monoisotopic (exact) mass is 303 g/mol. The Kier molecular flexibility index (Phi) is 3.31. The first-order chi connectivity index (χ1) is 10.1. The molecule has 0 unspecified atom stereocenters. The number of benzene rings is 2. The number of nitrogens with two attached hydrogens (primary N) is 1. The van der Waals surface area contributed by atoms with E-state index in [1.807, 2.05) is 19.1 Å². The van der Waals surface area contributed by atoms with Crippen molar-refractivity contribution in [3.63, 3.8) is 0 Å². The number of anilines is 1. The van der Waals surface area contributed by atoms with Crippen LogP contribution in [0.4, 0.5) is 10.1 Å². The van der Waals surface area contributed by atoms with Crippen LogP contribution < -0.4 is 5.73 Å². The summed E-state index contributed by atoms with van der Waals surface area (Å²) < 4.78 is 15.5. The van der Waals surface area contributed by atoms with E-state index in [-0.39, 0.29) is 11.4 Å². The van der Waals surface area contributed by atoms with E-state index in [4.69, 9.17) is 17.3 Å². The predicted octanol–water partition coefficient (Wildman–Crippen LogP) is 3.01. The molecular weight excluding hydrogens is 293 g/mol. The van der Waals surface area contributed by atoms with Gasteiger partial charge in [-0.25, -0.2) is 4.39 Å². The second kappa shape index (κ2) is 5.14. The lowest BCUT2D eigenvalue weighted by Crippen LogP contribution is -2.04. The number of tetrazole rings is 1. The molecule has 0 fully saturated rings. The van der Waals surface area contributed by atoms with Gasteiger partial charge < -0.3 is 5.73 Å². The van der Waals surface area contributed by atoms with E-state index < -0.39 is 5.82 Å². The van der Waals surface area contributed by atoms with Gasteiger partial charge in [-0.05, 0) is 47.2 Å². The molecule has 2 N–H and O–H groups in total. The molecule has 0 aliphatic rings. The quantitative estimate of drug-likeness (QED) is 0.739. The third-order valence-corrected chi connectivity index (χ3v) is 3.41. The van der Waals surface area contributed by atoms with E-state index >= 15 is 0 Å². The number of nitrogen functional groups attached to an aromatic ring is 1. The summed E-state index contributed by atoms with van der Waals surface area (Å²) in [6.07, 6.45) is 0. The SMILES string of the molecule is Cc1cccc(Cl)c1-n1nnnc1-c1ccc(N)cc1F. The van der Waals surface area contributed by atoms with Crippen LogP contribution in [0.2, 0.25) is 5.02 Å². The topological polar surface area (TPSA) is 69.6 Å². The zero-order chi connectivity index (χ0) is 15.0. The molecule has 1 heterocycles. The number of aromatic nitrogens is 4. The normalized spacial score (nSPS) is 10.8. The Balaban J connectivity index is 2.22. The summed E-state index contributed by atoms with van der Waals surface area (Å²) in [6, 6.07) is 9.80. The molecule has 0 saturated heterocycles. The molecule has 0 amide bonds. The fourth-order valence-corrected chi connectivity index (χ4v) is 2.41. The second-order valence-electron chi connectivity index (χ2n) is 4.56. The van der Waals surface area contributed by atoms with E-state index in [9.17, 15) is 4.39 Å². The number of rotatable bonds is 2. The molecule has 0 radical (unpaired) electrons. The maximum atomic E-state index is 14.1. The fourth-order valence-electron chi connectivity index (χ4n) is 2.11. The Morgan fingerprint density at radius 3 is 2.76 bits per heavy atom. The first-order valence-corrected chi connectivity index (χ1v) is 6.55. The lowest BCUT2D eigenvalue weighted by Gasteiger charge is -2.10. The van der Waals surface area contributed by atoms with Gasteiger partial charge in [0, 0.05) is 5.69 Å². The molecule has 21 heavy (non-hydrogen) atoms. The minimum atomic E-state index is -0.490. The smallest absolute Gasteiger partial charge is 0.190 e. The van der Waals surface area contributed by atoms with Crippen molar-refractivity contribution in [3.05, 3.63) is 52.8 Å². The number of aryl methyl sites for hydroxylation is 1. The number of nitrogens with zero attached hydrogens (tertiary/aromatic N) is 4. The standard InChI is InChI=1S/C14H11ClFN5/c1-8-3-2-4-11(15)13(8)21-14(18-19-20-21)10-6-5-9(17)7-12(10)16/h2-7H,17H2,1H3. The molecule has 0 aliphatic heterocycles. The Labute approximate surface area is 125 Å². The van der Waals surface area contributed by atoms with Gasteiger partial charge >= 0.3 is 0 Å². The molecule has 0 bridgehead atoms. The molecule has 5 nitrogen and oxygen atoms in total. The maximum Gasteiger partial charge on any atom is 0.190 e. The van der Waals surface area contributed by atoms with E-state index in [0.717, 1.165) is 5.56 Å². The van der Waals surface area contributed by atoms with Gasteiger partial charge in [-0.3, -0.25) is 0 Å². The summed E-state index contributed by atoms with van der Waals surface area (Å²) in [5.74, 6) is -0.223. The second-order valence-corrected chi connectivity index (χ2v) is 4.97. The van der Waals surface area contributed by atoms with E-state index in [1.165, 1.54) is 10.7 Å². The van der Waals surface area contributed by atoms with E-state index in [2.05, 4.69) is 15.5 Å². The number of hydrogen-bond donors (Lipinski definition) is 1. The van der Waals surface area contributed by atoms with Gasteiger partial charge in [0.15, 0.2) is 5.82 Å². The molecule has 0 atom stereocenters. The first-order valence-electron chi connectivity index (χ1n) is 6.17. The summed E-state index contributed by atoms with van der Waals surface area (Å²) in [4.78, 5) is 0. The van der Waals surface area contributed by atoms with Crippen LogP contribution in [0.3, 0.4) is 0 Å². The third-order valence-electron chi connectivity index (χ3n) is 3.10. The Hall–Kier alpha value is -2.47. The molecule has 106 valence electrons. The molecular formula is C14H11ClFN5. The van der Waals surface area contributed by atoms with Crippen molar-refractivity contribution in [1.29, 1.82) is 0 Å². The van der Waals surface area contributed by atoms with E-state index in [1.54, 1.807) is 18.2 Å². The highest BCUT2D eigenvalue weighted by Gasteiger charge is 2.18. The predicted molar refractivity (Wildman–Crippen MR) is 78.7 cm³/mol. The zero-order valence-corrected chi connectivity index (χ0v) is 11.8. The molecule has 2 aromatic carbocycles. The van der Waals surface area contributed by atoms with Gasteiger partial charge in [0.2, 0.25) is 0 Å². The van der Waals surface area contributed by atoms with Crippen LogP contribution in [0, 0.1) is 12.7 Å². The van der Waals surface area contributed by atoms with Crippen molar-refractivity contribution in [2.75, 3.05) is 5.73 Å². The first kappa shape index (κ1) is 13.5. The molecule has 3 aromatic rings. The largest absolute Gasteiger partial charge is 0.399 e. The summed E-state index contributed by atoms with van der Waals surface area (Å²) in [6.45, 7) is 1.88.